The Morgan fingerprint density at radius 2 is 1.81 bits per heavy atom. The van der Waals surface area contributed by atoms with Crippen molar-refractivity contribution < 1.29 is 27.9 Å². The van der Waals surface area contributed by atoms with Gasteiger partial charge in [0.1, 0.15) is 6.04 Å². The van der Waals surface area contributed by atoms with Crippen molar-refractivity contribution in [1.29, 1.82) is 0 Å². The van der Waals surface area contributed by atoms with E-state index in [0.717, 1.165) is 17.0 Å². The minimum absolute atomic E-state index is 0.00759. The van der Waals surface area contributed by atoms with E-state index in [1.807, 2.05) is 0 Å². The van der Waals surface area contributed by atoms with Crippen molar-refractivity contribution in [3.8, 4) is 0 Å². The summed E-state index contributed by atoms with van der Waals surface area (Å²) in [6.45, 7) is 1.35. The molecule has 8 heteroatoms. The summed E-state index contributed by atoms with van der Waals surface area (Å²) in [5, 5.41) is 11.2. The molecule has 0 radical (unpaired) electrons. The molecule has 0 aromatic heterocycles. The quantitative estimate of drug-likeness (QED) is 0.897. The summed E-state index contributed by atoms with van der Waals surface area (Å²) in [7, 11) is 1.32. The number of carbonyl (C=O) groups is 2. The molecule has 1 aromatic rings. The Morgan fingerprint density at radius 3 is 2.24 bits per heavy atom. The summed E-state index contributed by atoms with van der Waals surface area (Å²) in [6.07, 6.45) is -4.40. The van der Waals surface area contributed by atoms with E-state index >= 15 is 0 Å². The molecular formula is C13H15F3N2O3. The van der Waals surface area contributed by atoms with Gasteiger partial charge in [-0.05, 0) is 24.6 Å². The molecule has 5 nitrogen and oxygen atoms in total. The maximum atomic E-state index is 12.4. The van der Waals surface area contributed by atoms with Crippen LogP contribution in [0.15, 0.2) is 24.3 Å². The topological polar surface area (TPSA) is 69.6 Å². The van der Waals surface area contributed by atoms with E-state index in [0.29, 0.717) is 5.56 Å². The van der Waals surface area contributed by atoms with Crippen LogP contribution in [0.2, 0.25) is 0 Å². The molecule has 21 heavy (non-hydrogen) atoms. The van der Waals surface area contributed by atoms with Crippen LogP contribution in [0.25, 0.3) is 0 Å². The number of amides is 2. The number of hydrogen-bond acceptors (Lipinski definition) is 2. The normalized spacial score (nSPS) is 12.6. The first-order valence-corrected chi connectivity index (χ1v) is 6.02. The number of carbonyl (C=O) groups excluding carboxylic acids is 1. The zero-order valence-corrected chi connectivity index (χ0v) is 11.4. The lowest BCUT2D eigenvalue weighted by Crippen LogP contribution is -2.45. The first-order chi connectivity index (χ1) is 9.62. The lowest BCUT2D eigenvalue weighted by atomic mass is 10.1. The van der Waals surface area contributed by atoms with E-state index in [-0.39, 0.29) is 6.54 Å². The van der Waals surface area contributed by atoms with Crippen molar-refractivity contribution in [3.63, 3.8) is 0 Å². The maximum absolute atomic E-state index is 12.4. The summed E-state index contributed by atoms with van der Waals surface area (Å²) in [4.78, 5) is 23.4. The number of benzene rings is 1. The molecule has 0 aliphatic heterocycles. The van der Waals surface area contributed by atoms with Crippen LogP contribution in [0.1, 0.15) is 18.1 Å². The second kappa shape index (κ2) is 6.47. The smallest absolute Gasteiger partial charge is 0.416 e. The largest absolute Gasteiger partial charge is 0.480 e. The Hall–Kier alpha value is -2.25. The van der Waals surface area contributed by atoms with Crippen molar-refractivity contribution in [1.82, 2.24) is 10.2 Å². The van der Waals surface area contributed by atoms with E-state index in [1.165, 1.54) is 26.1 Å². The van der Waals surface area contributed by atoms with Gasteiger partial charge in [0.2, 0.25) is 0 Å². The highest BCUT2D eigenvalue weighted by molar-refractivity contribution is 5.82. The third-order valence-corrected chi connectivity index (χ3v) is 2.98. The van der Waals surface area contributed by atoms with Crippen molar-refractivity contribution in [2.45, 2.75) is 25.7 Å². The molecule has 0 heterocycles. The summed E-state index contributed by atoms with van der Waals surface area (Å²) in [5.41, 5.74) is -0.290. The van der Waals surface area contributed by atoms with Crippen LogP contribution >= 0.6 is 0 Å². The number of nitrogens with one attached hydrogen (secondary N) is 1. The Bertz CT molecular complexity index is 514. The van der Waals surface area contributed by atoms with Gasteiger partial charge in [-0.1, -0.05) is 12.1 Å². The highest BCUT2D eigenvalue weighted by atomic mass is 19.4. The number of nitrogens with zero attached hydrogens (tertiary/aromatic N) is 1. The molecular weight excluding hydrogens is 289 g/mol. The van der Waals surface area contributed by atoms with Crippen LogP contribution in [0.5, 0.6) is 0 Å². The fourth-order valence-electron chi connectivity index (χ4n) is 1.46. The van der Waals surface area contributed by atoms with Gasteiger partial charge in [-0.15, -0.1) is 0 Å². The first kappa shape index (κ1) is 16.8. The van der Waals surface area contributed by atoms with Crippen molar-refractivity contribution in [2.24, 2.45) is 0 Å². The second-order valence-electron chi connectivity index (χ2n) is 4.48. The number of hydrogen-bond donors (Lipinski definition) is 2. The highest BCUT2D eigenvalue weighted by Gasteiger charge is 2.30. The second-order valence-corrected chi connectivity index (χ2v) is 4.48. The summed E-state index contributed by atoms with van der Waals surface area (Å²) in [5.74, 6) is -1.15. The zero-order chi connectivity index (χ0) is 16.2. The van der Waals surface area contributed by atoms with Crippen LogP contribution in [0.3, 0.4) is 0 Å². The molecule has 0 bridgehead atoms. The molecule has 0 fully saturated rings. The van der Waals surface area contributed by atoms with Crippen molar-refractivity contribution in [3.05, 3.63) is 35.4 Å². The molecule has 116 valence electrons. The number of carboxylic acid groups (broad SMARTS) is 1. The molecule has 0 aliphatic carbocycles. The highest BCUT2D eigenvalue weighted by Crippen LogP contribution is 2.29. The number of urea groups is 1. The fraction of sp³-hybridized carbons (Fsp3) is 0.385. The molecule has 1 aromatic carbocycles. The third kappa shape index (κ3) is 4.66. The lowest BCUT2D eigenvalue weighted by molar-refractivity contribution is -0.141. The van der Waals surface area contributed by atoms with Gasteiger partial charge < -0.3 is 15.3 Å². The minimum atomic E-state index is -4.40. The molecule has 0 saturated carbocycles. The monoisotopic (exact) mass is 304 g/mol. The summed E-state index contributed by atoms with van der Waals surface area (Å²) in [6, 6.07) is 2.73. The molecule has 0 saturated heterocycles. The number of carboxylic acids is 1. The molecule has 1 atom stereocenters. The average Bonchev–Trinajstić information content (AvgIpc) is 2.42. The number of aliphatic carboxylic acids is 1. The third-order valence-electron chi connectivity index (χ3n) is 2.98. The lowest BCUT2D eigenvalue weighted by Gasteiger charge is -2.21. The SMILES string of the molecule is CC(C(=O)O)N(C)C(=O)NCc1ccc(C(F)(F)F)cc1. The van der Waals surface area contributed by atoms with Crippen LogP contribution in [0.4, 0.5) is 18.0 Å². The van der Waals surface area contributed by atoms with E-state index in [2.05, 4.69) is 5.32 Å². The number of halogens is 3. The molecule has 1 rings (SSSR count). The molecule has 2 amide bonds. The molecule has 2 N–H and O–H groups in total. The maximum Gasteiger partial charge on any atom is 0.416 e. The van der Waals surface area contributed by atoms with Crippen molar-refractivity contribution in [2.75, 3.05) is 7.05 Å². The van der Waals surface area contributed by atoms with Crippen LogP contribution in [0, 0.1) is 0 Å². The Morgan fingerprint density at radius 1 is 1.29 bits per heavy atom. The zero-order valence-electron chi connectivity index (χ0n) is 11.4. The predicted octanol–water partition coefficient (Wildman–Crippen LogP) is 2.32. The first-order valence-electron chi connectivity index (χ1n) is 6.02. The fourth-order valence-corrected chi connectivity index (χ4v) is 1.46. The van der Waals surface area contributed by atoms with Gasteiger partial charge in [0.05, 0.1) is 5.56 Å². The van der Waals surface area contributed by atoms with Gasteiger partial charge in [-0.2, -0.15) is 13.2 Å². The standard InChI is InChI=1S/C13H15F3N2O3/c1-8(11(19)20)18(2)12(21)17-7-9-3-5-10(6-4-9)13(14,15)16/h3-6,8H,7H2,1-2H3,(H,17,21)(H,19,20). The molecule has 1 unspecified atom stereocenters. The van der Waals surface area contributed by atoms with E-state index < -0.39 is 29.8 Å². The number of alkyl halides is 3. The predicted molar refractivity (Wildman–Crippen MR) is 68.5 cm³/mol. The van der Waals surface area contributed by atoms with Crippen LogP contribution < -0.4 is 5.32 Å². The van der Waals surface area contributed by atoms with Crippen molar-refractivity contribution >= 4 is 12.0 Å². The van der Waals surface area contributed by atoms with Gasteiger partial charge in [0.25, 0.3) is 0 Å². The summed E-state index contributed by atoms with van der Waals surface area (Å²) < 4.78 is 37.1. The van der Waals surface area contributed by atoms with Gasteiger partial charge in [0.15, 0.2) is 0 Å². The van der Waals surface area contributed by atoms with Gasteiger partial charge in [-0.3, -0.25) is 0 Å². The van der Waals surface area contributed by atoms with Crippen LogP contribution in [-0.4, -0.2) is 35.1 Å². The van der Waals surface area contributed by atoms with Crippen LogP contribution in [-0.2, 0) is 17.5 Å². The summed E-state index contributed by atoms with van der Waals surface area (Å²) >= 11 is 0. The Kier molecular flexibility index (Phi) is 5.17. The van der Waals surface area contributed by atoms with Gasteiger partial charge in [-0.25, -0.2) is 9.59 Å². The van der Waals surface area contributed by atoms with E-state index in [1.54, 1.807) is 0 Å². The number of likely N-dealkylation sites (N-methyl/N-ethyl adjacent to an activating group) is 1. The molecule has 0 spiro atoms. The average molecular weight is 304 g/mol. The van der Waals surface area contributed by atoms with E-state index in [9.17, 15) is 22.8 Å². The minimum Gasteiger partial charge on any atom is -0.480 e. The Labute approximate surface area is 119 Å². The van der Waals surface area contributed by atoms with E-state index in [4.69, 9.17) is 5.11 Å². The number of rotatable bonds is 4. The van der Waals surface area contributed by atoms with Gasteiger partial charge >= 0.3 is 18.2 Å². The van der Waals surface area contributed by atoms with Gasteiger partial charge in [0, 0.05) is 13.6 Å². The molecule has 0 aliphatic rings. The Balaban J connectivity index is 2.59.